The van der Waals surface area contributed by atoms with Gasteiger partial charge in [0.25, 0.3) is 0 Å². The maximum absolute atomic E-state index is 2.58. The van der Waals surface area contributed by atoms with Crippen molar-refractivity contribution in [3.63, 3.8) is 0 Å². The molecule has 2 fully saturated rings. The van der Waals surface area contributed by atoms with Gasteiger partial charge in [0.15, 0.2) is 0 Å². The zero-order chi connectivity index (χ0) is 5.61. The van der Waals surface area contributed by atoms with Crippen molar-refractivity contribution in [3.05, 3.63) is 13.8 Å². The summed E-state index contributed by atoms with van der Waals surface area (Å²) in [6.45, 7) is 2.40. The molecule has 0 N–H and O–H groups in total. The molecule has 0 saturated heterocycles. The molecule has 0 spiro atoms. The second-order valence-electron chi connectivity index (χ2n) is 3.66. The number of fused-ring (bicyclic) bond motifs is 2. The van der Waals surface area contributed by atoms with Crippen LogP contribution in [0.15, 0.2) is 0 Å². The first-order valence-corrected chi connectivity index (χ1v) is 3.65. The zero-order valence-corrected chi connectivity index (χ0v) is 8.86. The predicted octanol–water partition coefficient (Wildman–Crippen LogP) is 2.85. The quantitative estimate of drug-likeness (QED) is 0.489. The molecule has 10 heavy (non-hydrogen) atoms. The van der Waals surface area contributed by atoms with E-state index in [-0.39, 0.29) is 33.3 Å². The summed E-state index contributed by atoms with van der Waals surface area (Å²) in [6.07, 6.45) is 8.48. The van der Waals surface area contributed by atoms with Crippen molar-refractivity contribution in [1.29, 1.82) is 0 Å². The average molecular weight is 169 g/mol. The molecule has 2 aliphatic rings. The van der Waals surface area contributed by atoms with Gasteiger partial charge >= 0.3 is 0 Å². The van der Waals surface area contributed by atoms with Gasteiger partial charge in [0.05, 0.1) is 0 Å². The molecular formula is C9H16Sc-2. The molecule has 2 saturated carbocycles. The van der Waals surface area contributed by atoms with Gasteiger partial charge in [0.2, 0.25) is 0 Å². The molecule has 2 rings (SSSR count). The second kappa shape index (κ2) is 3.51. The fourth-order valence-electron chi connectivity index (χ4n) is 2.20. The third-order valence-electron chi connectivity index (χ3n) is 2.81. The van der Waals surface area contributed by atoms with Crippen molar-refractivity contribution in [2.75, 3.05) is 0 Å². The van der Waals surface area contributed by atoms with E-state index in [9.17, 15) is 0 Å². The van der Waals surface area contributed by atoms with E-state index in [1.165, 1.54) is 25.7 Å². The van der Waals surface area contributed by atoms with Crippen LogP contribution in [0.1, 0.15) is 32.6 Å². The first-order chi connectivity index (χ1) is 3.79. The maximum Gasteiger partial charge on any atom is 0 e. The van der Waals surface area contributed by atoms with Gasteiger partial charge in [-0.15, -0.1) is 0 Å². The molecule has 0 aromatic heterocycles. The molecule has 0 nitrogen and oxygen atoms in total. The first kappa shape index (κ1) is 10.9. The Hall–Kier alpha value is 0.870. The van der Waals surface area contributed by atoms with Gasteiger partial charge in [-0.1, -0.05) is 32.6 Å². The van der Waals surface area contributed by atoms with Gasteiger partial charge in [0.1, 0.15) is 0 Å². The standard InChI is InChI=1S/C8H13.CH3.Sc/c1-8-4-2-7(6-8)3-5-8;;/h6-7H,2-5H2,1H3;1H3;/q2*-1;. The monoisotopic (exact) mass is 169 g/mol. The minimum Gasteiger partial charge on any atom is -0.358 e. The summed E-state index contributed by atoms with van der Waals surface area (Å²) >= 11 is 0. The SMILES string of the molecule is CC12[CH-]C(CC1)CC2.[CH3-].[Sc]. The van der Waals surface area contributed by atoms with Crippen LogP contribution in [0.2, 0.25) is 0 Å². The molecule has 57 valence electrons. The van der Waals surface area contributed by atoms with Crippen molar-refractivity contribution in [2.45, 2.75) is 32.6 Å². The molecule has 0 atom stereocenters. The smallest absolute Gasteiger partial charge is 0 e. The van der Waals surface area contributed by atoms with Crippen LogP contribution in [0.3, 0.4) is 0 Å². The van der Waals surface area contributed by atoms with Crippen LogP contribution >= 0.6 is 0 Å². The van der Waals surface area contributed by atoms with E-state index in [4.69, 9.17) is 0 Å². The van der Waals surface area contributed by atoms with Crippen LogP contribution in [0.5, 0.6) is 0 Å². The summed E-state index contributed by atoms with van der Waals surface area (Å²) in [5.41, 5.74) is 0.685. The Morgan fingerprint density at radius 3 is 1.90 bits per heavy atom. The molecule has 1 radical (unpaired) electrons. The Morgan fingerprint density at radius 2 is 1.80 bits per heavy atom. The Labute approximate surface area is 83.6 Å². The minimum atomic E-state index is 0. The van der Waals surface area contributed by atoms with Crippen molar-refractivity contribution < 1.29 is 25.8 Å². The number of rotatable bonds is 0. The molecule has 2 aliphatic carbocycles. The molecule has 0 aliphatic heterocycles. The van der Waals surface area contributed by atoms with Crippen molar-refractivity contribution in [3.8, 4) is 0 Å². The van der Waals surface area contributed by atoms with Crippen LogP contribution < -0.4 is 0 Å². The van der Waals surface area contributed by atoms with E-state index in [1.807, 2.05) is 0 Å². The van der Waals surface area contributed by atoms with Crippen LogP contribution in [-0.4, -0.2) is 0 Å². The van der Waals surface area contributed by atoms with E-state index in [0.29, 0.717) is 5.41 Å². The summed E-state index contributed by atoms with van der Waals surface area (Å²) in [5, 5.41) is 0. The van der Waals surface area contributed by atoms with Crippen molar-refractivity contribution in [2.24, 2.45) is 11.3 Å². The first-order valence-electron chi connectivity index (χ1n) is 3.65. The van der Waals surface area contributed by atoms with Gasteiger partial charge in [-0.05, 0) is 0 Å². The van der Waals surface area contributed by atoms with Gasteiger partial charge < -0.3 is 13.8 Å². The molecule has 2 bridgehead atoms. The third kappa shape index (κ3) is 1.72. The van der Waals surface area contributed by atoms with E-state index >= 15 is 0 Å². The largest absolute Gasteiger partial charge is 0.358 e. The predicted molar refractivity (Wildman–Crippen MR) is 40.8 cm³/mol. The Morgan fingerprint density at radius 1 is 1.30 bits per heavy atom. The molecule has 0 heterocycles. The molecule has 0 aromatic carbocycles. The summed E-state index contributed by atoms with van der Waals surface area (Å²) in [4.78, 5) is 0. The maximum atomic E-state index is 2.58. The van der Waals surface area contributed by atoms with Gasteiger partial charge in [-0.25, -0.2) is 0 Å². The zero-order valence-electron chi connectivity index (χ0n) is 7.06. The van der Waals surface area contributed by atoms with Crippen LogP contribution in [0.25, 0.3) is 0 Å². The summed E-state index contributed by atoms with van der Waals surface area (Å²) in [7, 11) is 0. The topological polar surface area (TPSA) is 0 Å². The Kier molecular flexibility index (Phi) is 3.82. The summed E-state index contributed by atoms with van der Waals surface area (Å²) in [6, 6.07) is 0. The average Bonchev–Trinajstić information content (AvgIpc) is 2.21. The fraction of sp³-hybridized carbons (Fsp3) is 0.778. The van der Waals surface area contributed by atoms with Crippen LogP contribution in [0, 0.1) is 25.2 Å². The summed E-state index contributed by atoms with van der Waals surface area (Å²) in [5.74, 6) is 1.01. The molecule has 0 unspecified atom stereocenters. The van der Waals surface area contributed by atoms with E-state index in [0.717, 1.165) is 5.92 Å². The normalized spacial score (nSPS) is 42.3. The fourth-order valence-corrected chi connectivity index (χ4v) is 2.20. The number of hydrogen-bond donors (Lipinski definition) is 0. The van der Waals surface area contributed by atoms with Crippen LogP contribution in [0.4, 0.5) is 0 Å². The van der Waals surface area contributed by atoms with Gasteiger partial charge in [0, 0.05) is 25.8 Å². The van der Waals surface area contributed by atoms with Crippen LogP contribution in [-0.2, 0) is 25.8 Å². The van der Waals surface area contributed by atoms with Crippen molar-refractivity contribution in [1.82, 2.24) is 0 Å². The number of hydrogen-bond acceptors (Lipinski definition) is 0. The molecular weight excluding hydrogens is 153 g/mol. The van der Waals surface area contributed by atoms with E-state index in [1.54, 1.807) is 0 Å². The van der Waals surface area contributed by atoms with E-state index in [2.05, 4.69) is 13.3 Å². The Balaban J connectivity index is 0.000000405. The third-order valence-corrected chi connectivity index (χ3v) is 2.81. The van der Waals surface area contributed by atoms with Crippen molar-refractivity contribution >= 4 is 0 Å². The van der Waals surface area contributed by atoms with Gasteiger partial charge in [-0.3, -0.25) is 0 Å². The Bertz CT molecular complexity index is 101. The minimum absolute atomic E-state index is 0. The second-order valence-corrected chi connectivity index (χ2v) is 3.66. The molecule has 0 amide bonds. The summed E-state index contributed by atoms with van der Waals surface area (Å²) < 4.78 is 0. The van der Waals surface area contributed by atoms with E-state index < -0.39 is 0 Å². The molecule has 1 heteroatoms. The van der Waals surface area contributed by atoms with Gasteiger partial charge in [-0.2, -0.15) is 11.3 Å². The molecule has 0 aromatic rings.